The van der Waals surface area contributed by atoms with Gasteiger partial charge in [0, 0.05) is 5.02 Å². The van der Waals surface area contributed by atoms with Crippen LogP contribution in [0.25, 0.3) is 0 Å². The Bertz CT molecular complexity index is 734. The monoisotopic (exact) mass is 391 g/mol. The first-order chi connectivity index (χ1) is 11.3. The lowest BCUT2D eigenvalue weighted by molar-refractivity contribution is -0.118. The fraction of sp³-hybridized carbons (Fsp3) is 0.429. The number of nitrogens with one attached hydrogen (secondary N) is 1. The third kappa shape index (κ3) is 4.09. The molecule has 2 rings (SSSR count). The predicted molar refractivity (Wildman–Crippen MR) is 93.2 cm³/mol. The van der Waals surface area contributed by atoms with Gasteiger partial charge in [0.2, 0.25) is 0 Å². The summed E-state index contributed by atoms with van der Waals surface area (Å²) in [5.41, 5.74) is 1.28. The fourth-order valence-electron chi connectivity index (χ4n) is 1.92. The van der Waals surface area contributed by atoms with Crippen LogP contribution in [-0.4, -0.2) is 32.7 Å². The molecule has 1 amide bonds. The zero-order valence-electron chi connectivity index (χ0n) is 13.4. The van der Waals surface area contributed by atoms with Crippen molar-refractivity contribution >= 4 is 46.7 Å². The van der Waals surface area contributed by atoms with Crippen LogP contribution in [0.15, 0.2) is 0 Å². The molecule has 24 heavy (non-hydrogen) atoms. The van der Waals surface area contributed by atoms with E-state index in [1.54, 1.807) is 13.8 Å². The molecular weight excluding hydrogens is 377 g/mol. The minimum Gasteiger partial charge on any atom is -0.481 e. The molecule has 0 aliphatic rings. The second-order valence-electron chi connectivity index (χ2n) is 5.07. The number of aromatic nitrogens is 4. The van der Waals surface area contributed by atoms with Crippen LogP contribution in [0.1, 0.15) is 24.5 Å². The smallest absolute Gasteiger partial charge is 0.270 e. The Morgan fingerprint density at radius 3 is 2.38 bits per heavy atom. The molecule has 0 saturated heterocycles. The zero-order chi connectivity index (χ0) is 17.9. The standard InChI is InChI=1S/C14H16Cl3N5O2/c1-4-5-22-20-14(19-21-22)18-9(23)6-24-13-11(16)7(2)10(15)8(3)12(13)17/h4-6H2,1-3H3,(H,18,20,23). The van der Waals surface area contributed by atoms with Gasteiger partial charge in [0.1, 0.15) is 0 Å². The lowest BCUT2D eigenvalue weighted by Gasteiger charge is -2.15. The Balaban J connectivity index is 2.04. The first kappa shape index (κ1) is 18.8. The summed E-state index contributed by atoms with van der Waals surface area (Å²) in [6, 6.07) is 0. The third-order valence-corrected chi connectivity index (χ3v) is 4.67. The molecule has 0 aliphatic heterocycles. The Labute approximate surface area is 154 Å². The highest BCUT2D eigenvalue weighted by Gasteiger charge is 2.19. The summed E-state index contributed by atoms with van der Waals surface area (Å²) in [4.78, 5) is 13.3. The number of halogens is 3. The molecule has 1 N–H and O–H groups in total. The van der Waals surface area contributed by atoms with Crippen molar-refractivity contribution < 1.29 is 9.53 Å². The number of hydrogen-bond acceptors (Lipinski definition) is 5. The molecule has 0 radical (unpaired) electrons. The van der Waals surface area contributed by atoms with Gasteiger partial charge in [-0.2, -0.15) is 4.80 Å². The van der Waals surface area contributed by atoms with Crippen LogP contribution in [0.4, 0.5) is 5.95 Å². The summed E-state index contributed by atoms with van der Waals surface area (Å²) < 4.78 is 5.46. The van der Waals surface area contributed by atoms with Gasteiger partial charge >= 0.3 is 0 Å². The van der Waals surface area contributed by atoms with Crippen LogP contribution in [-0.2, 0) is 11.3 Å². The molecule has 1 heterocycles. The minimum absolute atomic E-state index is 0.109. The number of anilines is 1. The summed E-state index contributed by atoms with van der Waals surface area (Å²) in [5.74, 6) is -0.128. The molecule has 130 valence electrons. The molecule has 0 unspecified atom stereocenters. The van der Waals surface area contributed by atoms with Crippen molar-refractivity contribution in [2.75, 3.05) is 11.9 Å². The maximum atomic E-state index is 11.9. The van der Waals surface area contributed by atoms with Crippen LogP contribution in [0, 0.1) is 13.8 Å². The topological polar surface area (TPSA) is 81.9 Å². The Kier molecular flexibility index (Phi) is 6.26. The average Bonchev–Trinajstić information content (AvgIpc) is 2.98. The second-order valence-corrected chi connectivity index (χ2v) is 6.20. The van der Waals surface area contributed by atoms with Crippen molar-refractivity contribution in [2.24, 2.45) is 0 Å². The molecule has 0 aliphatic carbocycles. The van der Waals surface area contributed by atoms with Gasteiger partial charge in [0.05, 0.1) is 16.6 Å². The maximum absolute atomic E-state index is 11.9. The lowest BCUT2D eigenvalue weighted by atomic mass is 10.1. The molecule has 0 bridgehead atoms. The zero-order valence-corrected chi connectivity index (χ0v) is 15.6. The van der Waals surface area contributed by atoms with Gasteiger partial charge in [-0.15, -0.1) is 5.10 Å². The maximum Gasteiger partial charge on any atom is 0.270 e. The van der Waals surface area contributed by atoms with Crippen LogP contribution < -0.4 is 10.1 Å². The highest BCUT2D eigenvalue weighted by Crippen LogP contribution is 2.42. The van der Waals surface area contributed by atoms with Crippen molar-refractivity contribution in [1.82, 2.24) is 20.2 Å². The molecule has 7 nitrogen and oxygen atoms in total. The van der Waals surface area contributed by atoms with Gasteiger partial charge in [0.25, 0.3) is 11.9 Å². The SMILES string of the molecule is CCCn1nnc(NC(=O)COc2c(Cl)c(C)c(Cl)c(C)c2Cl)n1. The summed E-state index contributed by atoms with van der Waals surface area (Å²) in [7, 11) is 0. The molecular formula is C14H16Cl3N5O2. The molecule has 0 spiro atoms. The van der Waals surface area contributed by atoms with Crippen LogP contribution in [0.2, 0.25) is 15.1 Å². The number of ether oxygens (including phenoxy) is 1. The highest BCUT2D eigenvalue weighted by atomic mass is 35.5. The number of benzene rings is 1. The van der Waals surface area contributed by atoms with E-state index >= 15 is 0 Å². The largest absolute Gasteiger partial charge is 0.481 e. The molecule has 0 saturated carbocycles. The summed E-state index contributed by atoms with van der Waals surface area (Å²) in [5, 5.41) is 15.0. The van der Waals surface area contributed by atoms with Crippen molar-refractivity contribution in [2.45, 2.75) is 33.7 Å². The second kappa shape index (κ2) is 8.00. The van der Waals surface area contributed by atoms with Gasteiger partial charge in [-0.1, -0.05) is 46.8 Å². The quantitative estimate of drug-likeness (QED) is 0.811. The summed E-state index contributed by atoms with van der Waals surface area (Å²) >= 11 is 18.5. The lowest BCUT2D eigenvalue weighted by Crippen LogP contribution is -2.21. The molecule has 1 aromatic heterocycles. The van der Waals surface area contributed by atoms with Gasteiger partial charge in [-0.25, -0.2) is 0 Å². The van der Waals surface area contributed by atoms with E-state index in [1.807, 2.05) is 6.92 Å². The normalized spacial score (nSPS) is 10.8. The van der Waals surface area contributed by atoms with Crippen LogP contribution in [0.5, 0.6) is 5.75 Å². The molecule has 10 heteroatoms. The molecule has 2 aromatic rings. The van der Waals surface area contributed by atoms with E-state index in [4.69, 9.17) is 39.5 Å². The number of carbonyl (C=O) groups is 1. The number of rotatable bonds is 6. The van der Waals surface area contributed by atoms with Gasteiger partial charge in [-0.05, 0) is 36.6 Å². The number of amides is 1. The van der Waals surface area contributed by atoms with E-state index < -0.39 is 5.91 Å². The Hall–Kier alpha value is -1.57. The van der Waals surface area contributed by atoms with Gasteiger partial charge < -0.3 is 4.74 Å². The van der Waals surface area contributed by atoms with E-state index in [-0.39, 0.29) is 28.3 Å². The molecule has 1 aromatic carbocycles. The van der Waals surface area contributed by atoms with Crippen molar-refractivity contribution in [3.63, 3.8) is 0 Å². The number of hydrogen-bond donors (Lipinski definition) is 1. The van der Waals surface area contributed by atoms with Crippen LogP contribution >= 0.6 is 34.8 Å². The fourth-order valence-corrected chi connectivity index (χ4v) is 2.75. The van der Waals surface area contributed by atoms with E-state index in [2.05, 4.69) is 20.7 Å². The number of tetrazole rings is 1. The third-order valence-electron chi connectivity index (χ3n) is 3.19. The summed E-state index contributed by atoms with van der Waals surface area (Å²) in [6.07, 6.45) is 0.860. The molecule has 0 fully saturated rings. The highest BCUT2D eigenvalue weighted by molar-refractivity contribution is 6.42. The average molecular weight is 393 g/mol. The minimum atomic E-state index is -0.455. The first-order valence-electron chi connectivity index (χ1n) is 7.19. The Morgan fingerprint density at radius 1 is 1.17 bits per heavy atom. The number of nitrogens with zero attached hydrogens (tertiary/aromatic N) is 4. The first-order valence-corrected chi connectivity index (χ1v) is 8.32. The van der Waals surface area contributed by atoms with E-state index in [0.29, 0.717) is 22.7 Å². The van der Waals surface area contributed by atoms with E-state index in [9.17, 15) is 4.79 Å². The predicted octanol–water partition coefficient (Wildman–Crippen LogP) is 3.68. The van der Waals surface area contributed by atoms with Crippen molar-refractivity contribution in [3.05, 3.63) is 26.2 Å². The number of carbonyl (C=O) groups excluding carboxylic acids is 1. The van der Waals surface area contributed by atoms with Gasteiger partial charge in [0.15, 0.2) is 12.4 Å². The van der Waals surface area contributed by atoms with Crippen molar-refractivity contribution in [3.8, 4) is 5.75 Å². The number of aryl methyl sites for hydroxylation is 1. The van der Waals surface area contributed by atoms with Crippen molar-refractivity contribution in [1.29, 1.82) is 0 Å². The summed E-state index contributed by atoms with van der Waals surface area (Å²) in [6.45, 7) is 5.79. The van der Waals surface area contributed by atoms with E-state index in [1.165, 1.54) is 4.80 Å². The Morgan fingerprint density at radius 2 is 1.79 bits per heavy atom. The van der Waals surface area contributed by atoms with E-state index in [0.717, 1.165) is 6.42 Å². The van der Waals surface area contributed by atoms with Gasteiger partial charge in [-0.3, -0.25) is 10.1 Å². The molecule has 0 atom stereocenters. The van der Waals surface area contributed by atoms with Crippen LogP contribution in [0.3, 0.4) is 0 Å².